The molecule has 5 nitrogen and oxygen atoms in total. The zero-order valence-electron chi connectivity index (χ0n) is 32.9. The predicted molar refractivity (Wildman–Crippen MR) is 250 cm³/mol. The van der Waals surface area contributed by atoms with Crippen LogP contribution in [0.5, 0.6) is 0 Å². The second kappa shape index (κ2) is 13.6. The number of fused-ring (bicyclic) bond motifs is 10. The van der Waals surface area contributed by atoms with Gasteiger partial charge in [-0.1, -0.05) is 140 Å². The lowest BCUT2D eigenvalue weighted by Crippen LogP contribution is -2.11. The molecule has 2 aliphatic rings. The van der Waals surface area contributed by atoms with Gasteiger partial charge in [-0.15, -0.1) is 11.3 Å². The van der Waals surface area contributed by atoms with E-state index in [1.165, 1.54) is 36.7 Å². The SMILES string of the molecule is C1=CC(c2nc(-c3ccccc3)nc(-c3cc(C4=CCCc5oc6c(-c7ccc8c(c7)sc7ccccc78)cccc6c54)c4ccccc4c3)n2)Cc2oc3ccccc3c21. The van der Waals surface area contributed by atoms with E-state index in [4.69, 9.17) is 23.8 Å². The molecule has 13 rings (SSSR count). The molecular weight excluding hydrogens is 767 g/mol. The van der Waals surface area contributed by atoms with E-state index in [2.05, 4.69) is 140 Å². The summed E-state index contributed by atoms with van der Waals surface area (Å²) in [5, 5.41) is 7.17. The third-order valence-corrected chi connectivity index (χ3v) is 13.6. The summed E-state index contributed by atoms with van der Waals surface area (Å²) >= 11 is 1.85. The molecule has 4 aromatic heterocycles. The number of furan rings is 2. The van der Waals surface area contributed by atoms with Gasteiger partial charge < -0.3 is 8.83 Å². The van der Waals surface area contributed by atoms with E-state index in [-0.39, 0.29) is 5.92 Å². The summed E-state index contributed by atoms with van der Waals surface area (Å²) in [7, 11) is 0. The zero-order chi connectivity index (χ0) is 40.0. The zero-order valence-corrected chi connectivity index (χ0v) is 33.7. The quantitative estimate of drug-likeness (QED) is 0.173. The minimum absolute atomic E-state index is 0.0770. The Morgan fingerprint density at radius 1 is 0.541 bits per heavy atom. The molecule has 0 bridgehead atoms. The summed E-state index contributed by atoms with van der Waals surface area (Å²) in [4.78, 5) is 15.6. The lowest BCUT2D eigenvalue weighted by Gasteiger charge is -2.19. The van der Waals surface area contributed by atoms with Gasteiger partial charge in [-0.25, -0.2) is 15.0 Å². The topological polar surface area (TPSA) is 65.0 Å². The molecule has 2 aliphatic carbocycles. The van der Waals surface area contributed by atoms with E-state index in [1.807, 2.05) is 41.7 Å². The average Bonchev–Trinajstić information content (AvgIpc) is 4.02. The van der Waals surface area contributed by atoms with Crippen molar-refractivity contribution in [1.29, 1.82) is 0 Å². The van der Waals surface area contributed by atoms with Crippen molar-refractivity contribution >= 4 is 75.9 Å². The van der Waals surface area contributed by atoms with E-state index < -0.39 is 0 Å². The third kappa shape index (κ3) is 5.56. The van der Waals surface area contributed by atoms with Gasteiger partial charge in [-0.3, -0.25) is 0 Å². The first kappa shape index (κ1) is 34.5. The Bertz CT molecular complexity index is 3640. The van der Waals surface area contributed by atoms with Crippen molar-refractivity contribution < 1.29 is 8.83 Å². The highest BCUT2D eigenvalue weighted by molar-refractivity contribution is 7.25. The van der Waals surface area contributed by atoms with Crippen LogP contribution in [0.3, 0.4) is 0 Å². The first-order valence-corrected chi connectivity index (χ1v) is 21.7. The highest BCUT2D eigenvalue weighted by Crippen LogP contribution is 2.46. The van der Waals surface area contributed by atoms with Gasteiger partial charge >= 0.3 is 0 Å². The van der Waals surface area contributed by atoms with Crippen molar-refractivity contribution in [3.05, 3.63) is 198 Å². The van der Waals surface area contributed by atoms with Crippen LogP contribution < -0.4 is 0 Å². The molecule has 0 spiro atoms. The minimum Gasteiger partial charge on any atom is -0.460 e. The van der Waals surface area contributed by atoms with Crippen LogP contribution in [0.15, 0.2) is 173 Å². The largest absolute Gasteiger partial charge is 0.460 e. The van der Waals surface area contributed by atoms with E-state index in [9.17, 15) is 0 Å². The number of hydrogen-bond donors (Lipinski definition) is 0. The number of thiophene rings is 1. The van der Waals surface area contributed by atoms with E-state index >= 15 is 0 Å². The highest BCUT2D eigenvalue weighted by atomic mass is 32.1. The second-order valence-electron chi connectivity index (χ2n) is 16.1. The van der Waals surface area contributed by atoms with Gasteiger partial charge in [0.2, 0.25) is 0 Å². The summed E-state index contributed by atoms with van der Waals surface area (Å²) in [6.07, 6.45) is 9.19. The van der Waals surface area contributed by atoms with Crippen molar-refractivity contribution in [2.45, 2.75) is 25.2 Å². The summed E-state index contributed by atoms with van der Waals surface area (Å²) in [6, 6.07) is 53.7. The molecule has 0 aliphatic heterocycles. The molecule has 0 amide bonds. The molecule has 4 heterocycles. The van der Waals surface area contributed by atoms with Gasteiger partial charge in [-0.2, -0.15) is 0 Å². The van der Waals surface area contributed by atoms with Crippen LogP contribution in [-0.2, 0) is 12.8 Å². The van der Waals surface area contributed by atoms with E-state index in [0.717, 1.165) is 90.9 Å². The molecule has 6 heteroatoms. The number of rotatable bonds is 5. The maximum atomic E-state index is 6.93. The van der Waals surface area contributed by atoms with Gasteiger partial charge in [0.05, 0.1) is 0 Å². The molecule has 1 atom stereocenters. The Balaban J connectivity index is 0.952. The van der Waals surface area contributed by atoms with Crippen LogP contribution in [-0.4, -0.2) is 15.0 Å². The van der Waals surface area contributed by atoms with Gasteiger partial charge in [0, 0.05) is 77.5 Å². The highest BCUT2D eigenvalue weighted by Gasteiger charge is 2.28. The minimum atomic E-state index is -0.0770. The van der Waals surface area contributed by atoms with Gasteiger partial charge in [0.15, 0.2) is 11.6 Å². The fourth-order valence-electron chi connectivity index (χ4n) is 9.63. The Morgan fingerprint density at radius 2 is 1.31 bits per heavy atom. The average molecular weight is 802 g/mol. The smallest absolute Gasteiger partial charge is 0.163 e. The van der Waals surface area contributed by atoms with Crippen LogP contribution in [0.4, 0.5) is 0 Å². The molecule has 0 saturated carbocycles. The molecule has 0 saturated heterocycles. The fraction of sp³-hybridized carbons (Fsp3) is 0.0727. The number of aryl methyl sites for hydroxylation is 1. The Labute approximate surface area is 355 Å². The summed E-state index contributed by atoms with van der Waals surface area (Å²) in [5.74, 6) is 3.93. The van der Waals surface area contributed by atoms with Gasteiger partial charge in [0.25, 0.3) is 0 Å². The molecule has 0 radical (unpaired) electrons. The number of benzene rings is 7. The number of nitrogens with zero attached hydrogens (tertiary/aromatic N) is 3. The fourth-order valence-corrected chi connectivity index (χ4v) is 10.8. The van der Waals surface area contributed by atoms with Crippen molar-refractivity contribution in [3.8, 4) is 33.9 Å². The predicted octanol–water partition coefficient (Wildman–Crippen LogP) is 14.6. The first-order chi connectivity index (χ1) is 30.2. The van der Waals surface area contributed by atoms with Crippen LogP contribution in [0.2, 0.25) is 0 Å². The molecule has 288 valence electrons. The van der Waals surface area contributed by atoms with Crippen LogP contribution >= 0.6 is 11.3 Å². The Morgan fingerprint density at radius 3 is 2.23 bits per heavy atom. The summed E-state index contributed by atoms with van der Waals surface area (Å²) in [5.41, 5.74) is 10.6. The number of hydrogen-bond acceptors (Lipinski definition) is 6. The maximum Gasteiger partial charge on any atom is 0.163 e. The van der Waals surface area contributed by atoms with E-state index in [0.29, 0.717) is 18.1 Å². The third-order valence-electron chi connectivity index (χ3n) is 12.5. The summed E-state index contributed by atoms with van der Waals surface area (Å²) < 4.78 is 15.9. The molecule has 1 unspecified atom stereocenters. The van der Waals surface area contributed by atoms with Crippen molar-refractivity contribution in [3.63, 3.8) is 0 Å². The lowest BCUT2D eigenvalue weighted by atomic mass is 9.85. The number of aromatic nitrogens is 3. The van der Waals surface area contributed by atoms with Crippen LogP contribution in [0, 0.1) is 0 Å². The number of allylic oxidation sites excluding steroid dienone is 2. The molecule has 7 aromatic carbocycles. The monoisotopic (exact) mass is 801 g/mol. The Hall–Kier alpha value is -7.41. The molecule has 0 fully saturated rings. The van der Waals surface area contributed by atoms with Gasteiger partial charge in [0.1, 0.15) is 28.5 Å². The summed E-state index contributed by atoms with van der Waals surface area (Å²) in [6.45, 7) is 0. The molecule has 0 N–H and O–H groups in total. The normalized spacial score (nSPS) is 14.9. The van der Waals surface area contributed by atoms with Crippen LogP contribution in [0.1, 0.15) is 46.4 Å². The Kier molecular flexibility index (Phi) is 7.66. The van der Waals surface area contributed by atoms with Crippen LogP contribution in [0.25, 0.3) is 98.4 Å². The van der Waals surface area contributed by atoms with Crippen molar-refractivity contribution in [2.24, 2.45) is 0 Å². The number of para-hydroxylation sites is 2. The van der Waals surface area contributed by atoms with Crippen molar-refractivity contribution in [2.75, 3.05) is 0 Å². The first-order valence-electron chi connectivity index (χ1n) is 20.9. The molecule has 11 aromatic rings. The van der Waals surface area contributed by atoms with Crippen molar-refractivity contribution in [1.82, 2.24) is 15.0 Å². The standard InChI is InChI=1S/C55H35N3O2S/c1-2-12-32(13-3-1)53-56-54(35-25-26-40-39-16-6-8-21-46(39)59-48(40)30-35)58-55(57-53)36-28-33-14-4-5-15-37(33)45(29-36)43-19-11-22-47-51(43)44-20-10-18-38(52(44)60-47)34-24-27-42-41-17-7-9-23-49(41)61-50(42)31-34/h1-10,12-21,23-29,31,35H,11,22,30H2. The van der Waals surface area contributed by atoms with Gasteiger partial charge in [-0.05, 0) is 64.2 Å². The lowest BCUT2D eigenvalue weighted by molar-refractivity contribution is 0.527. The van der Waals surface area contributed by atoms with E-state index in [1.54, 1.807) is 0 Å². The second-order valence-corrected chi connectivity index (χ2v) is 17.2. The maximum absolute atomic E-state index is 6.93. The molecule has 61 heavy (non-hydrogen) atoms. The molecular formula is C55H35N3O2S.